The predicted octanol–water partition coefficient (Wildman–Crippen LogP) is 3.88. The first-order valence-electron chi connectivity index (χ1n) is 12.5. The summed E-state index contributed by atoms with van der Waals surface area (Å²) >= 11 is 1.05. The van der Waals surface area contributed by atoms with Gasteiger partial charge in [0.15, 0.2) is 0 Å². The van der Waals surface area contributed by atoms with Gasteiger partial charge in [0.25, 0.3) is 0 Å². The molecule has 0 aromatic heterocycles. The quantitative estimate of drug-likeness (QED) is 0.232. The van der Waals surface area contributed by atoms with Crippen LogP contribution < -0.4 is 0 Å². The average molecular weight is 1060 g/mol. The summed E-state index contributed by atoms with van der Waals surface area (Å²) in [5.41, 5.74) is 0. The van der Waals surface area contributed by atoms with E-state index in [-0.39, 0.29) is 35.7 Å². The molecule has 33 heavy (non-hydrogen) atoms. The van der Waals surface area contributed by atoms with Crippen LogP contribution in [0.1, 0.15) is 119 Å². The van der Waals surface area contributed by atoms with Crippen LogP contribution in [0.2, 0.25) is 0 Å². The first kappa shape index (κ1) is 38.6. The van der Waals surface area contributed by atoms with Gasteiger partial charge in [-0.15, -0.1) is 0 Å². The molecule has 0 radical (unpaired) electrons. The number of rotatable bonds is 15. The molecule has 0 aromatic carbocycles. The zero-order chi connectivity index (χ0) is 26.1. The zero-order valence-electron chi connectivity index (χ0n) is 21.9. The molecule has 0 saturated heterocycles. The van der Waals surface area contributed by atoms with Gasteiger partial charge in [-0.3, -0.25) is 0 Å². The van der Waals surface area contributed by atoms with Crippen LogP contribution in [0.25, 0.3) is 0 Å². The average Bonchev–Trinajstić information content (AvgIpc) is 2.85. The molecule has 3 atom stereocenters. The molecule has 0 fully saturated rings. The SMILES string of the molecule is CCCCC(CC)C(=O)[O][BiH2].CCCCC(CC)C(=O)[O][BiH2].CCCCC(CC)C(=O)[O][BiH2]. The van der Waals surface area contributed by atoms with Crippen LogP contribution in [0.4, 0.5) is 0 Å². The van der Waals surface area contributed by atoms with Crippen LogP contribution in [-0.4, -0.2) is 93.4 Å². The van der Waals surface area contributed by atoms with E-state index in [9.17, 15) is 14.4 Å². The van der Waals surface area contributed by atoms with Crippen molar-refractivity contribution in [3.63, 3.8) is 0 Å². The van der Waals surface area contributed by atoms with E-state index in [0.29, 0.717) is 75.5 Å². The molecule has 9 heteroatoms. The Kier molecular flexibility index (Phi) is 34.2. The molecule has 0 aliphatic rings. The van der Waals surface area contributed by atoms with Crippen molar-refractivity contribution in [1.82, 2.24) is 0 Å². The zero-order valence-corrected chi connectivity index (χ0v) is 35.4. The fourth-order valence-corrected chi connectivity index (χ4v) is 5.35. The Hall–Kier alpha value is 1.06. The molecule has 0 aliphatic heterocycles. The maximum absolute atomic E-state index is 11.1. The molecule has 0 saturated carbocycles. The summed E-state index contributed by atoms with van der Waals surface area (Å²) in [5, 5.41) is 0. The van der Waals surface area contributed by atoms with Crippen molar-refractivity contribution in [2.75, 3.05) is 0 Å². The Labute approximate surface area is 250 Å². The topological polar surface area (TPSA) is 78.9 Å². The normalized spacial score (nSPS) is 12.6. The fourth-order valence-electron chi connectivity index (χ4n) is 3.11. The van der Waals surface area contributed by atoms with E-state index >= 15 is 0 Å². The molecule has 0 amide bonds. The molecule has 0 rings (SSSR count). The van der Waals surface area contributed by atoms with Gasteiger partial charge in [-0.1, -0.05) is 0 Å². The molecule has 6 nitrogen and oxygen atoms in total. The van der Waals surface area contributed by atoms with E-state index in [4.69, 9.17) is 8.44 Å². The molecule has 0 N–H and O–H groups in total. The van der Waals surface area contributed by atoms with E-state index < -0.39 is 0 Å². The van der Waals surface area contributed by atoms with Crippen molar-refractivity contribution in [3.05, 3.63) is 0 Å². The van der Waals surface area contributed by atoms with Gasteiger partial charge in [0.1, 0.15) is 0 Å². The molecular formula is C24H51Bi3O6. The Morgan fingerprint density at radius 3 is 0.848 bits per heavy atom. The van der Waals surface area contributed by atoms with Crippen LogP contribution >= 0.6 is 0 Å². The third-order valence-electron chi connectivity index (χ3n) is 5.55. The fraction of sp³-hybridized carbons (Fsp3) is 0.875. The minimum atomic E-state index is 0.0194. The summed E-state index contributed by atoms with van der Waals surface area (Å²) in [6.07, 6.45) is 12.7. The van der Waals surface area contributed by atoms with Crippen molar-refractivity contribution >= 4 is 93.4 Å². The number of hydrogen-bond donors (Lipinski definition) is 0. The summed E-state index contributed by atoms with van der Waals surface area (Å²) in [5.74, 6) is 0.558. The molecule has 198 valence electrons. The van der Waals surface area contributed by atoms with Crippen molar-refractivity contribution in [3.8, 4) is 0 Å². The summed E-state index contributed by atoms with van der Waals surface area (Å²) in [4.78, 5) is 33.2. The molecular weight excluding hydrogens is 1010 g/mol. The monoisotopic (exact) mass is 1060 g/mol. The van der Waals surface area contributed by atoms with Crippen LogP contribution in [0.15, 0.2) is 0 Å². The predicted molar refractivity (Wildman–Crippen MR) is 144 cm³/mol. The second-order valence-electron chi connectivity index (χ2n) is 8.05. The number of hydrogen-bond acceptors (Lipinski definition) is 6. The first-order valence-corrected chi connectivity index (χ1v) is 18.0. The van der Waals surface area contributed by atoms with E-state index in [1.54, 1.807) is 0 Å². The van der Waals surface area contributed by atoms with Gasteiger partial charge in [0.2, 0.25) is 0 Å². The third kappa shape index (κ3) is 23.2. The molecule has 0 heterocycles. The Morgan fingerprint density at radius 2 is 0.727 bits per heavy atom. The van der Waals surface area contributed by atoms with Gasteiger partial charge in [-0.25, -0.2) is 0 Å². The van der Waals surface area contributed by atoms with E-state index in [0.717, 1.165) is 77.0 Å². The van der Waals surface area contributed by atoms with Gasteiger partial charge in [0.05, 0.1) is 0 Å². The minimum absolute atomic E-state index is 0.0194. The Morgan fingerprint density at radius 1 is 0.515 bits per heavy atom. The van der Waals surface area contributed by atoms with Crippen LogP contribution in [-0.2, 0) is 22.8 Å². The van der Waals surface area contributed by atoms with Crippen LogP contribution in [0.3, 0.4) is 0 Å². The van der Waals surface area contributed by atoms with Gasteiger partial charge in [-0.05, 0) is 0 Å². The third-order valence-corrected chi connectivity index (χ3v) is 8.25. The second-order valence-corrected chi connectivity index (χ2v) is 10.8. The summed E-state index contributed by atoms with van der Waals surface area (Å²) in [7, 11) is 0. The summed E-state index contributed by atoms with van der Waals surface area (Å²) in [6.45, 7) is 12.5. The number of carbonyl (C=O) groups is 3. The van der Waals surface area contributed by atoms with Gasteiger partial charge in [-0.2, -0.15) is 0 Å². The second kappa shape index (κ2) is 29.3. The Bertz CT molecular complexity index is 411. The molecule has 3 unspecified atom stereocenters. The van der Waals surface area contributed by atoms with E-state index in [1.807, 2.05) is 20.8 Å². The molecule has 0 aromatic rings. The van der Waals surface area contributed by atoms with Crippen LogP contribution in [0.5, 0.6) is 0 Å². The van der Waals surface area contributed by atoms with Crippen molar-refractivity contribution in [2.24, 2.45) is 17.8 Å². The molecule has 0 aliphatic carbocycles. The van der Waals surface area contributed by atoms with Crippen molar-refractivity contribution < 1.29 is 22.8 Å². The van der Waals surface area contributed by atoms with Crippen LogP contribution in [0, 0.1) is 17.8 Å². The summed E-state index contributed by atoms with van der Waals surface area (Å²) in [6, 6.07) is 0. The maximum atomic E-state index is 11.1. The molecule has 0 bridgehead atoms. The van der Waals surface area contributed by atoms with Gasteiger partial charge >= 0.3 is 253 Å². The number of unbranched alkanes of at least 4 members (excludes halogenated alkanes) is 3. The van der Waals surface area contributed by atoms with Crippen molar-refractivity contribution in [1.29, 1.82) is 0 Å². The Balaban J connectivity index is -0.000000409. The standard InChI is InChI=1S/3C8H16O2.3Bi.6H/c3*1-3-5-6-7(4-2)8(9)10;;;;;;;;;/h3*7H,3-6H2,1-2H3,(H,9,10);;;;;;;;;/q;;;3*+1;;;;;;/p-3. The van der Waals surface area contributed by atoms with E-state index in [2.05, 4.69) is 20.8 Å². The van der Waals surface area contributed by atoms with Gasteiger partial charge < -0.3 is 0 Å². The number of carbonyl (C=O) groups excluding carboxylic acids is 3. The van der Waals surface area contributed by atoms with Gasteiger partial charge in [0, 0.05) is 0 Å². The van der Waals surface area contributed by atoms with Crippen molar-refractivity contribution in [2.45, 2.75) is 119 Å². The molecule has 0 spiro atoms. The first-order chi connectivity index (χ1) is 15.8. The van der Waals surface area contributed by atoms with E-state index in [1.165, 1.54) is 0 Å². The summed E-state index contributed by atoms with van der Waals surface area (Å²) < 4.78 is 14.5.